The minimum absolute atomic E-state index is 0.0968. The fourth-order valence-electron chi connectivity index (χ4n) is 2.18. The van der Waals surface area contributed by atoms with E-state index >= 15 is 0 Å². The summed E-state index contributed by atoms with van der Waals surface area (Å²) in [7, 11) is 4.03. The second-order valence-corrected chi connectivity index (χ2v) is 4.83. The average molecular weight is 193 g/mol. The molecule has 0 N–H and O–H groups in total. The Morgan fingerprint density at radius 3 is 2.57 bits per heavy atom. The van der Waals surface area contributed by atoms with E-state index in [4.69, 9.17) is 0 Å². The Balaban J connectivity index is 3.09. The Hall–Kier alpha value is -1.05. The van der Waals surface area contributed by atoms with Crippen LogP contribution in [0.2, 0.25) is 0 Å². The molecule has 0 aromatic heterocycles. The average Bonchev–Trinajstić information content (AvgIpc) is 2.01. The van der Waals surface area contributed by atoms with E-state index in [9.17, 15) is 4.79 Å². The SMILES string of the molecule is C=C1CC(C)(C)C(N(C)C)=CC1C=O. The van der Waals surface area contributed by atoms with E-state index in [0.29, 0.717) is 0 Å². The van der Waals surface area contributed by atoms with Gasteiger partial charge in [-0.15, -0.1) is 0 Å². The number of allylic oxidation sites excluding steroid dienone is 3. The summed E-state index contributed by atoms with van der Waals surface area (Å²) < 4.78 is 0. The molecular weight excluding hydrogens is 174 g/mol. The van der Waals surface area contributed by atoms with Gasteiger partial charge >= 0.3 is 0 Å². The lowest BCUT2D eigenvalue weighted by atomic mass is 9.73. The van der Waals surface area contributed by atoms with Crippen molar-refractivity contribution < 1.29 is 4.79 Å². The van der Waals surface area contributed by atoms with E-state index in [1.807, 2.05) is 20.2 Å². The molecule has 1 atom stereocenters. The van der Waals surface area contributed by atoms with E-state index in [2.05, 4.69) is 25.3 Å². The minimum atomic E-state index is -0.0968. The van der Waals surface area contributed by atoms with Crippen LogP contribution in [0.15, 0.2) is 23.9 Å². The Morgan fingerprint density at radius 2 is 2.14 bits per heavy atom. The van der Waals surface area contributed by atoms with Gasteiger partial charge in [0, 0.05) is 25.2 Å². The van der Waals surface area contributed by atoms with Crippen LogP contribution in [0.4, 0.5) is 0 Å². The van der Waals surface area contributed by atoms with Crippen molar-refractivity contribution in [1.82, 2.24) is 4.90 Å². The van der Waals surface area contributed by atoms with Crippen molar-refractivity contribution in [3.05, 3.63) is 23.9 Å². The van der Waals surface area contributed by atoms with E-state index in [1.165, 1.54) is 5.70 Å². The van der Waals surface area contributed by atoms with Crippen molar-refractivity contribution >= 4 is 6.29 Å². The molecule has 0 amide bonds. The Kier molecular flexibility index (Phi) is 2.84. The third kappa shape index (κ3) is 1.89. The zero-order valence-corrected chi connectivity index (χ0v) is 9.50. The highest BCUT2D eigenvalue weighted by Crippen LogP contribution is 2.41. The van der Waals surface area contributed by atoms with Crippen molar-refractivity contribution in [2.75, 3.05) is 14.1 Å². The maximum atomic E-state index is 10.8. The highest BCUT2D eigenvalue weighted by molar-refractivity contribution is 5.63. The first-order valence-corrected chi connectivity index (χ1v) is 4.91. The summed E-state index contributed by atoms with van der Waals surface area (Å²) in [5, 5.41) is 0. The standard InChI is InChI=1S/C12H19NO/c1-9-7-12(2,3)11(13(4)5)6-10(9)8-14/h6,8,10H,1,7H2,2-5H3. The minimum Gasteiger partial charge on any atom is -0.381 e. The molecule has 0 fully saturated rings. The molecule has 2 nitrogen and oxygen atoms in total. The summed E-state index contributed by atoms with van der Waals surface area (Å²) >= 11 is 0. The fraction of sp³-hybridized carbons (Fsp3) is 0.583. The third-order valence-electron chi connectivity index (χ3n) is 2.80. The van der Waals surface area contributed by atoms with E-state index in [1.54, 1.807) is 0 Å². The van der Waals surface area contributed by atoms with Crippen LogP contribution in [0, 0.1) is 11.3 Å². The number of hydrogen-bond acceptors (Lipinski definition) is 2. The van der Waals surface area contributed by atoms with Gasteiger partial charge in [0.15, 0.2) is 0 Å². The molecule has 14 heavy (non-hydrogen) atoms. The Labute approximate surface area is 86.3 Å². The van der Waals surface area contributed by atoms with Crippen molar-refractivity contribution in [2.24, 2.45) is 11.3 Å². The second kappa shape index (κ2) is 3.60. The van der Waals surface area contributed by atoms with Gasteiger partial charge < -0.3 is 9.69 Å². The molecule has 1 unspecified atom stereocenters. The van der Waals surface area contributed by atoms with E-state index in [0.717, 1.165) is 18.3 Å². The van der Waals surface area contributed by atoms with Gasteiger partial charge in [0.2, 0.25) is 0 Å². The molecule has 0 radical (unpaired) electrons. The number of aldehydes is 1. The summed E-state index contributed by atoms with van der Waals surface area (Å²) in [4.78, 5) is 12.9. The zero-order valence-electron chi connectivity index (χ0n) is 9.50. The molecule has 0 bridgehead atoms. The van der Waals surface area contributed by atoms with Crippen LogP contribution >= 0.6 is 0 Å². The summed E-state index contributed by atoms with van der Waals surface area (Å²) in [6.45, 7) is 8.33. The summed E-state index contributed by atoms with van der Waals surface area (Å²) in [5.74, 6) is -0.0968. The van der Waals surface area contributed by atoms with E-state index < -0.39 is 0 Å². The Morgan fingerprint density at radius 1 is 1.57 bits per heavy atom. The second-order valence-electron chi connectivity index (χ2n) is 4.83. The molecular formula is C12H19NO. The Bertz CT molecular complexity index is 287. The molecule has 1 aliphatic carbocycles. The molecule has 0 spiro atoms. The fourth-order valence-corrected chi connectivity index (χ4v) is 2.18. The summed E-state index contributed by atoms with van der Waals surface area (Å²) in [5.41, 5.74) is 2.35. The molecule has 1 aliphatic rings. The highest BCUT2D eigenvalue weighted by atomic mass is 16.1. The molecule has 0 saturated heterocycles. The third-order valence-corrected chi connectivity index (χ3v) is 2.80. The normalized spacial score (nSPS) is 25.6. The molecule has 0 aromatic carbocycles. The molecule has 0 heterocycles. The predicted molar refractivity (Wildman–Crippen MR) is 58.9 cm³/mol. The predicted octanol–water partition coefficient (Wildman–Crippen LogP) is 2.23. The maximum absolute atomic E-state index is 10.8. The quantitative estimate of drug-likeness (QED) is 0.495. The van der Waals surface area contributed by atoms with Gasteiger partial charge in [0.05, 0.1) is 5.92 Å². The van der Waals surface area contributed by atoms with Crippen molar-refractivity contribution in [2.45, 2.75) is 20.3 Å². The summed E-state index contributed by atoms with van der Waals surface area (Å²) in [6.07, 6.45) is 3.89. The highest BCUT2D eigenvalue weighted by Gasteiger charge is 2.32. The van der Waals surface area contributed by atoms with Crippen LogP contribution in [-0.2, 0) is 4.79 Å². The number of hydrogen-bond donors (Lipinski definition) is 0. The first-order valence-electron chi connectivity index (χ1n) is 4.91. The van der Waals surface area contributed by atoms with Gasteiger partial charge in [-0.2, -0.15) is 0 Å². The number of rotatable bonds is 2. The number of nitrogens with zero attached hydrogens (tertiary/aromatic N) is 1. The molecule has 2 heteroatoms. The molecule has 0 aliphatic heterocycles. The topological polar surface area (TPSA) is 20.3 Å². The molecule has 0 aromatic rings. The van der Waals surface area contributed by atoms with Crippen molar-refractivity contribution in [1.29, 1.82) is 0 Å². The van der Waals surface area contributed by atoms with Crippen LogP contribution in [-0.4, -0.2) is 25.3 Å². The van der Waals surface area contributed by atoms with Crippen LogP contribution in [0.25, 0.3) is 0 Å². The lowest BCUT2D eigenvalue weighted by Crippen LogP contribution is -2.31. The monoisotopic (exact) mass is 193 g/mol. The molecule has 78 valence electrons. The van der Waals surface area contributed by atoms with Gasteiger partial charge in [0.25, 0.3) is 0 Å². The van der Waals surface area contributed by atoms with Gasteiger partial charge in [-0.05, 0) is 6.42 Å². The van der Waals surface area contributed by atoms with Gasteiger partial charge in [0.1, 0.15) is 6.29 Å². The zero-order chi connectivity index (χ0) is 10.9. The lowest BCUT2D eigenvalue weighted by molar-refractivity contribution is -0.109. The van der Waals surface area contributed by atoms with Crippen LogP contribution in [0.5, 0.6) is 0 Å². The first kappa shape index (κ1) is 11.0. The van der Waals surface area contributed by atoms with Crippen LogP contribution in [0.3, 0.4) is 0 Å². The maximum Gasteiger partial charge on any atom is 0.130 e. The smallest absolute Gasteiger partial charge is 0.130 e. The number of carbonyl (C=O) groups is 1. The van der Waals surface area contributed by atoms with Crippen LogP contribution in [0.1, 0.15) is 20.3 Å². The summed E-state index contributed by atoms with van der Waals surface area (Å²) in [6, 6.07) is 0. The van der Waals surface area contributed by atoms with Crippen LogP contribution < -0.4 is 0 Å². The van der Waals surface area contributed by atoms with Gasteiger partial charge in [-0.25, -0.2) is 0 Å². The van der Waals surface area contributed by atoms with Gasteiger partial charge in [-0.1, -0.05) is 32.1 Å². The van der Waals surface area contributed by atoms with E-state index in [-0.39, 0.29) is 11.3 Å². The lowest BCUT2D eigenvalue weighted by Gasteiger charge is -2.38. The number of carbonyl (C=O) groups excluding carboxylic acids is 1. The van der Waals surface area contributed by atoms with Gasteiger partial charge in [-0.3, -0.25) is 0 Å². The largest absolute Gasteiger partial charge is 0.381 e. The molecule has 0 saturated carbocycles. The van der Waals surface area contributed by atoms with Crippen molar-refractivity contribution in [3.63, 3.8) is 0 Å². The first-order chi connectivity index (χ1) is 6.38. The molecule has 1 rings (SSSR count). The van der Waals surface area contributed by atoms with Crippen molar-refractivity contribution in [3.8, 4) is 0 Å².